The van der Waals surface area contributed by atoms with Crippen molar-refractivity contribution in [1.82, 2.24) is 5.32 Å². The van der Waals surface area contributed by atoms with Gasteiger partial charge in [0.25, 0.3) is 5.69 Å². The Kier molecular flexibility index (Phi) is 4.79. The number of nitrogens with one attached hydrogen (secondary N) is 2. The number of nitrogens with zero attached hydrogens (tertiary/aromatic N) is 1. The zero-order chi connectivity index (χ0) is 16.2. The molecule has 0 aliphatic carbocycles. The Bertz CT molecular complexity index is 588. The number of nitro benzene ring substituents is 1. The van der Waals surface area contributed by atoms with Crippen LogP contribution in [0.2, 0.25) is 0 Å². The summed E-state index contributed by atoms with van der Waals surface area (Å²) in [4.78, 5) is 32.2. The molecule has 114 valence electrons. The lowest BCUT2D eigenvalue weighted by atomic mass is 10.0. The molecule has 0 spiro atoms. The summed E-state index contributed by atoms with van der Waals surface area (Å²) in [5, 5.41) is 23.7. The van der Waals surface area contributed by atoms with Gasteiger partial charge in [0.2, 0.25) is 0 Å². The van der Waals surface area contributed by atoms with Gasteiger partial charge in [-0.3, -0.25) is 14.9 Å². The van der Waals surface area contributed by atoms with Gasteiger partial charge in [-0.05, 0) is 19.9 Å². The first-order valence-corrected chi connectivity index (χ1v) is 5.85. The summed E-state index contributed by atoms with van der Waals surface area (Å²) in [7, 11) is 0. The lowest BCUT2D eigenvalue weighted by molar-refractivity contribution is -0.384. The minimum absolute atomic E-state index is 0.335. The fourth-order valence-corrected chi connectivity index (χ4v) is 1.61. The summed E-state index contributed by atoms with van der Waals surface area (Å²) in [5.74, 6) is -1.95. The molecular formula is C12H14FN3O5. The van der Waals surface area contributed by atoms with E-state index in [1.807, 2.05) is 0 Å². The number of halogens is 1. The molecule has 1 rings (SSSR count). The summed E-state index contributed by atoms with van der Waals surface area (Å²) in [6, 6.07) is 1.84. The first-order valence-electron chi connectivity index (χ1n) is 5.85. The SMILES string of the molecule is CC(C)(CC(=O)O)NC(=O)Nc1cc([N+](=O)[O-])ccc1F. The molecule has 0 aromatic heterocycles. The Morgan fingerprint density at radius 3 is 2.57 bits per heavy atom. The molecule has 0 radical (unpaired) electrons. The quantitative estimate of drug-likeness (QED) is 0.567. The second-order valence-corrected chi connectivity index (χ2v) is 4.95. The molecule has 9 heteroatoms. The molecule has 2 amide bonds. The van der Waals surface area contributed by atoms with Crippen molar-refractivity contribution in [3.8, 4) is 0 Å². The maximum absolute atomic E-state index is 13.5. The molecule has 21 heavy (non-hydrogen) atoms. The Balaban J connectivity index is 2.81. The van der Waals surface area contributed by atoms with Crippen LogP contribution in [0, 0.1) is 15.9 Å². The third-order valence-corrected chi connectivity index (χ3v) is 2.45. The van der Waals surface area contributed by atoms with Crippen LogP contribution in [0.1, 0.15) is 20.3 Å². The average molecular weight is 299 g/mol. The van der Waals surface area contributed by atoms with E-state index < -0.39 is 28.3 Å². The van der Waals surface area contributed by atoms with Crippen molar-refractivity contribution in [2.45, 2.75) is 25.8 Å². The van der Waals surface area contributed by atoms with Crippen molar-refractivity contribution >= 4 is 23.4 Å². The van der Waals surface area contributed by atoms with E-state index in [2.05, 4.69) is 10.6 Å². The van der Waals surface area contributed by atoms with E-state index in [1.165, 1.54) is 13.8 Å². The van der Waals surface area contributed by atoms with E-state index in [9.17, 15) is 24.1 Å². The molecule has 1 aromatic carbocycles. The minimum Gasteiger partial charge on any atom is -0.481 e. The minimum atomic E-state index is -1.11. The van der Waals surface area contributed by atoms with E-state index in [0.717, 1.165) is 18.2 Å². The van der Waals surface area contributed by atoms with Gasteiger partial charge in [-0.25, -0.2) is 9.18 Å². The van der Waals surface area contributed by atoms with Crippen LogP contribution < -0.4 is 10.6 Å². The largest absolute Gasteiger partial charge is 0.481 e. The molecule has 0 bridgehead atoms. The number of carboxylic acid groups (broad SMARTS) is 1. The smallest absolute Gasteiger partial charge is 0.319 e. The predicted octanol–water partition coefficient (Wildman–Crippen LogP) is 2.11. The highest BCUT2D eigenvalue weighted by Crippen LogP contribution is 2.21. The second kappa shape index (κ2) is 6.16. The number of carboxylic acids is 1. The van der Waals surface area contributed by atoms with Gasteiger partial charge in [0.05, 0.1) is 17.0 Å². The number of rotatable bonds is 5. The summed E-state index contributed by atoms with van der Waals surface area (Å²) in [6.07, 6.45) is -0.335. The van der Waals surface area contributed by atoms with E-state index in [-0.39, 0.29) is 17.8 Å². The van der Waals surface area contributed by atoms with E-state index >= 15 is 0 Å². The van der Waals surface area contributed by atoms with Gasteiger partial charge in [-0.1, -0.05) is 0 Å². The van der Waals surface area contributed by atoms with Gasteiger partial charge in [0, 0.05) is 17.7 Å². The van der Waals surface area contributed by atoms with Crippen LogP contribution in [0.5, 0.6) is 0 Å². The topological polar surface area (TPSA) is 122 Å². The van der Waals surface area contributed by atoms with Crippen LogP contribution in [0.3, 0.4) is 0 Å². The van der Waals surface area contributed by atoms with Crippen LogP contribution in [0.4, 0.5) is 20.6 Å². The highest BCUT2D eigenvalue weighted by molar-refractivity contribution is 5.90. The number of anilines is 1. The Morgan fingerprint density at radius 2 is 2.05 bits per heavy atom. The lowest BCUT2D eigenvalue weighted by Gasteiger charge is -2.24. The molecule has 0 aliphatic rings. The second-order valence-electron chi connectivity index (χ2n) is 4.95. The Hall–Kier alpha value is -2.71. The summed E-state index contributed by atoms with van der Waals surface area (Å²) < 4.78 is 13.5. The van der Waals surface area contributed by atoms with E-state index in [4.69, 9.17) is 5.11 Å². The molecule has 8 nitrogen and oxygen atoms in total. The normalized spacial score (nSPS) is 10.8. The molecular weight excluding hydrogens is 285 g/mol. The number of carbonyl (C=O) groups excluding carboxylic acids is 1. The van der Waals surface area contributed by atoms with Gasteiger partial charge >= 0.3 is 12.0 Å². The predicted molar refractivity (Wildman–Crippen MR) is 71.5 cm³/mol. The first-order chi connectivity index (χ1) is 9.60. The highest BCUT2D eigenvalue weighted by atomic mass is 19.1. The molecule has 0 atom stereocenters. The summed E-state index contributed by atoms with van der Waals surface area (Å²) in [5.41, 5.74) is -1.81. The van der Waals surface area contributed by atoms with Crippen LogP contribution in [0.25, 0.3) is 0 Å². The number of amides is 2. The molecule has 3 N–H and O–H groups in total. The number of carbonyl (C=O) groups is 2. The van der Waals surface area contributed by atoms with Gasteiger partial charge in [0.1, 0.15) is 5.82 Å². The average Bonchev–Trinajstić information content (AvgIpc) is 2.28. The Morgan fingerprint density at radius 1 is 1.43 bits per heavy atom. The fraction of sp³-hybridized carbons (Fsp3) is 0.333. The maximum atomic E-state index is 13.5. The Labute approximate surface area is 119 Å². The fourth-order valence-electron chi connectivity index (χ4n) is 1.61. The molecule has 0 saturated heterocycles. The number of hydrogen-bond donors (Lipinski definition) is 3. The van der Waals surface area contributed by atoms with Crippen LogP contribution in [0.15, 0.2) is 18.2 Å². The first kappa shape index (κ1) is 16.3. The monoisotopic (exact) mass is 299 g/mol. The molecule has 0 unspecified atom stereocenters. The zero-order valence-electron chi connectivity index (χ0n) is 11.3. The van der Waals surface area contributed by atoms with Crippen molar-refractivity contribution in [2.75, 3.05) is 5.32 Å². The number of non-ortho nitro benzene ring substituents is 1. The zero-order valence-corrected chi connectivity index (χ0v) is 11.3. The van der Waals surface area contributed by atoms with Gasteiger partial charge in [-0.15, -0.1) is 0 Å². The van der Waals surface area contributed by atoms with E-state index in [1.54, 1.807) is 0 Å². The third-order valence-electron chi connectivity index (χ3n) is 2.45. The maximum Gasteiger partial charge on any atom is 0.319 e. The van der Waals surface area contributed by atoms with Gasteiger partial charge < -0.3 is 15.7 Å². The number of aliphatic carboxylic acids is 1. The highest BCUT2D eigenvalue weighted by Gasteiger charge is 2.24. The number of nitro groups is 1. The molecule has 0 saturated carbocycles. The molecule has 0 aliphatic heterocycles. The lowest BCUT2D eigenvalue weighted by Crippen LogP contribution is -2.46. The standard InChI is InChI=1S/C12H14FN3O5/c1-12(2,6-10(17)18)15-11(19)14-9-5-7(16(20)21)3-4-8(9)13/h3-5H,6H2,1-2H3,(H,17,18)(H2,14,15,19). The van der Waals surface area contributed by atoms with Crippen molar-refractivity contribution < 1.29 is 24.0 Å². The summed E-state index contributed by atoms with van der Waals surface area (Å²) in [6.45, 7) is 2.95. The van der Waals surface area contributed by atoms with Crippen molar-refractivity contribution in [3.05, 3.63) is 34.1 Å². The number of benzene rings is 1. The van der Waals surface area contributed by atoms with E-state index in [0.29, 0.717) is 0 Å². The molecule has 1 aromatic rings. The van der Waals surface area contributed by atoms with Gasteiger partial charge in [0.15, 0.2) is 0 Å². The third kappa shape index (κ3) is 5.05. The van der Waals surface area contributed by atoms with Crippen LogP contribution >= 0.6 is 0 Å². The van der Waals surface area contributed by atoms with Crippen molar-refractivity contribution in [3.63, 3.8) is 0 Å². The summed E-state index contributed by atoms with van der Waals surface area (Å²) >= 11 is 0. The van der Waals surface area contributed by atoms with Gasteiger partial charge in [-0.2, -0.15) is 0 Å². The number of urea groups is 1. The van der Waals surface area contributed by atoms with Crippen molar-refractivity contribution in [2.24, 2.45) is 0 Å². The molecule has 0 heterocycles. The molecule has 0 fully saturated rings. The van der Waals surface area contributed by atoms with Crippen molar-refractivity contribution in [1.29, 1.82) is 0 Å². The van der Waals surface area contributed by atoms with Crippen LogP contribution in [-0.2, 0) is 4.79 Å². The van der Waals surface area contributed by atoms with Crippen LogP contribution in [-0.4, -0.2) is 27.6 Å². The number of hydrogen-bond acceptors (Lipinski definition) is 4.